The maximum Gasteiger partial charge on any atom is 0.204 e. The van der Waals surface area contributed by atoms with Crippen molar-refractivity contribution in [2.24, 2.45) is 0 Å². The van der Waals surface area contributed by atoms with Crippen LogP contribution < -0.4 is 14.2 Å². The summed E-state index contributed by atoms with van der Waals surface area (Å²) >= 11 is 0. The number of pyridine rings is 1. The molecule has 174 valence electrons. The summed E-state index contributed by atoms with van der Waals surface area (Å²) in [5.74, 6) is 1.82. The van der Waals surface area contributed by atoms with E-state index in [9.17, 15) is 0 Å². The fraction of sp³-hybridized carbons (Fsp3) is 0.129. The Morgan fingerprint density at radius 1 is 0.543 bits per heavy atom. The van der Waals surface area contributed by atoms with Crippen LogP contribution in [0, 0.1) is 6.92 Å². The van der Waals surface area contributed by atoms with Crippen LogP contribution >= 0.6 is 0 Å². The number of fused-ring (bicyclic) bond motifs is 1. The molecule has 0 aliphatic heterocycles. The number of nitrogens with zero attached hydrogens (tertiary/aromatic N) is 1. The number of aryl methyl sites for hydroxylation is 1. The highest BCUT2D eigenvalue weighted by Crippen LogP contribution is 2.45. The molecule has 0 atom stereocenters. The number of rotatable bonds is 6. The van der Waals surface area contributed by atoms with Crippen molar-refractivity contribution in [1.29, 1.82) is 0 Å². The summed E-state index contributed by atoms with van der Waals surface area (Å²) in [6.07, 6.45) is 0. The maximum atomic E-state index is 5.73. The van der Waals surface area contributed by atoms with Gasteiger partial charge >= 0.3 is 0 Å². The lowest BCUT2D eigenvalue weighted by atomic mass is 9.94. The predicted molar refractivity (Wildman–Crippen MR) is 142 cm³/mol. The number of aromatic nitrogens is 1. The zero-order valence-corrected chi connectivity index (χ0v) is 20.3. The summed E-state index contributed by atoms with van der Waals surface area (Å²) in [6, 6.07) is 31.6. The molecule has 0 saturated carbocycles. The average molecular weight is 462 g/mol. The van der Waals surface area contributed by atoms with Crippen molar-refractivity contribution in [1.82, 2.24) is 4.98 Å². The van der Waals surface area contributed by atoms with E-state index in [0.29, 0.717) is 17.2 Å². The van der Waals surface area contributed by atoms with Crippen LogP contribution in [0.3, 0.4) is 0 Å². The van der Waals surface area contributed by atoms with Gasteiger partial charge in [-0.25, -0.2) is 0 Å². The van der Waals surface area contributed by atoms with Gasteiger partial charge in [-0.1, -0.05) is 60.7 Å². The monoisotopic (exact) mass is 461 g/mol. The van der Waals surface area contributed by atoms with Gasteiger partial charge < -0.3 is 14.2 Å². The second-order valence-corrected chi connectivity index (χ2v) is 8.37. The van der Waals surface area contributed by atoms with Crippen LogP contribution in [-0.2, 0) is 0 Å². The first-order valence-electron chi connectivity index (χ1n) is 11.5. The van der Waals surface area contributed by atoms with E-state index >= 15 is 0 Å². The van der Waals surface area contributed by atoms with Gasteiger partial charge in [0.1, 0.15) is 0 Å². The van der Waals surface area contributed by atoms with Crippen LogP contribution in [0.2, 0.25) is 0 Å². The minimum absolute atomic E-state index is 0.567. The van der Waals surface area contributed by atoms with Crippen molar-refractivity contribution in [3.63, 3.8) is 0 Å². The minimum Gasteiger partial charge on any atom is -0.493 e. The summed E-state index contributed by atoms with van der Waals surface area (Å²) in [6.45, 7) is 2.00. The topological polar surface area (TPSA) is 40.6 Å². The molecule has 5 aromatic rings. The highest BCUT2D eigenvalue weighted by atomic mass is 16.5. The summed E-state index contributed by atoms with van der Waals surface area (Å²) in [7, 11) is 4.89. The number of ether oxygens (including phenoxy) is 3. The molecule has 1 heterocycles. The molecule has 0 unspecified atom stereocenters. The minimum atomic E-state index is 0.567. The molecule has 4 aromatic carbocycles. The lowest BCUT2D eigenvalue weighted by Gasteiger charge is -2.17. The van der Waals surface area contributed by atoms with Crippen molar-refractivity contribution in [3.05, 3.63) is 96.7 Å². The van der Waals surface area contributed by atoms with Crippen LogP contribution in [0.1, 0.15) is 5.69 Å². The van der Waals surface area contributed by atoms with Gasteiger partial charge in [0.05, 0.1) is 27.0 Å². The van der Waals surface area contributed by atoms with Crippen LogP contribution in [0.25, 0.3) is 44.3 Å². The predicted octanol–water partition coefficient (Wildman–Crippen LogP) is 7.57. The third-order valence-electron chi connectivity index (χ3n) is 6.25. The molecule has 0 aliphatic carbocycles. The Morgan fingerprint density at radius 3 is 1.60 bits per heavy atom. The first-order valence-corrected chi connectivity index (χ1v) is 11.5. The van der Waals surface area contributed by atoms with Crippen molar-refractivity contribution in [2.45, 2.75) is 6.92 Å². The van der Waals surface area contributed by atoms with Crippen molar-refractivity contribution < 1.29 is 14.2 Å². The molecule has 0 N–H and O–H groups in total. The Hall–Kier alpha value is -4.31. The summed E-state index contributed by atoms with van der Waals surface area (Å²) in [5.41, 5.74) is 7.41. The third-order valence-corrected chi connectivity index (χ3v) is 6.25. The molecule has 0 amide bonds. The van der Waals surface area contributed by atoms with E-state index in [1.165, 1.54) is 0 Å². The molecule has 0 spiro atoms. The van der Waals surface area contributed by atoms with Crippen molar-refractivity contribution >= 4 is 10.8 Å². The SMILES string of the molecule is COc1cc2cc(-c3cc(-c4ccccc4)cc(-c4ccccc4)c3)nc(C)c2c(OC)c1OC. The molecule has 4 heteroatoms. The molecular weight excluding hydrogens is 434 g/mol. The fourth-order valence-electron chi connectivity index (χ4n) is 4.60. The van der Waals surface area contributed by atoms with Crippen LogP contribution in [-0.4, -0.2) is 26.3 Å². The molecule has 4 nitrogen and oxygen atoms in total. The molecule has 0 saturated heterocycles. The number of methoxy groups -OCH3 is 3. The molecule has 0 fully saturated rings. The van der Waals surface area contributed by atoms with Gasteiger partial charge in [0, 0.05) is 16.6 Å². The Morgan fingerprint density at radius 2 is 1.09 bits per heavy atom. The summed E-state index contributed by atoms with van der Waals surface area (Å²) in [5, 5.41) is 1.89. The smallest absolute Gasteiger partial charge is 0.204 e. The largest absolute Gasteiger partial charge is 0.493 e. The van der Waals surface area contributed by atoms with Gasteiger partial charge in [0.25, 0.3) is 0 Å². The van der Waals surface area contributed by atoms with E-state index in [-0.39, 0.29) is 0 Å². The van der Waals surface area contributed by atoms with E-state index in [0.717, 1.165) is 50.0 Å². The molecule has 35 heavy (non-hydrogen) atoms. The zero-order chi connectivity index (χ0) is 24.4. The standard InChI is InChI=1S/C31H27NO3/c1-20-29-26(19-28(33-2)30(34-3)31(29)35-4)18-27(32-20)25-16-23(21-11-7-5-8-12-21)15-24(17-25)22-13-9-6-10-14-22/h5-19H,1-4H3. The van der Waals surface area contributed by atoms with Crippen LogP contribution in [0.15, 0.2) is 91.0 Å². The van der Waals surface area contributed by atoms with Crippen LogP contribution in [0.4, 0.5) is 0 Å². The Bertz CT molecular complexity index is 1440. The average Bonchev–Trinajstić information content (AvgIpc) is 2.92. The fourth-order valence-corrected chi connectivity index (χ4v) is 4.60. The van der Waals surface area contributed by atoms with E-state index in [2.05, 4.69) is 72.8 Å². The molecule has 0 aliphatic rings. The molecule has 5 rings (SSSR count). The van der Waals surface area contributed by atoms with Crippen LogP contribution in [0.5, 0.6) is 17.2 Å². The van der Waals surface area contributed by atoms with Crippen molar-refractivity contribution in [3.8, 4) is 50.8 Å². The Balaban J connectivity index is 1.76. The first kappa shape index (κ1) is 22.5. The third kappa shape index (κ3) is 4.19. The number of hydrogen-bond acceptors (Lipinski definition) is 4. The van der Waals surface area contributed by atoms with Gasteiger partial charge in [-0.2, -0.15) is 0 Å². The van der Waals surface area contributed by atoms with Gasteiger partial charge in [-0.3, -0.25) is 4.98 Å². The van der Waals surface area contributed by atoms with Gasteiger partial charge in [0.15, 0.2) is 11.5 Å². The Labute approximate surface area is 205 Å². The molecule has 0 bridgehead atoms. The quantitative estimate of drug-likeness (QED) is 0.261. The summed E-state index contributed by atoms with van der Waals surface area (Å²) in [4.78, 5) is 5.00. The highest BCUT2D eigenvalue weighted by Gasteiger charge is 2.19. The lowest BCUT2D eigenvalue weighted by Crippen LogP contribution is -1.99. The second-order valence-electron chi connectivity index (χ2n) is 8.37. The number of hydrogen-bond donors (Lipinski definition) is 0. The van der Waals surface area contributed by atoms with E-state index in [1.807, 2.05) is 25.1 Å². The Kier molecular flexibility index (Phi) is 6.11. The molecular formula is C31H27NO3. The van der Waals surface area contributed by atoms with E-state index in [1.54, 1.807) is 21.3 Å². The molecule has 0 radical (unpaired) electrons. The highest BCUT2D eigenvalue weighted by molar-refractivity contribution is 5.97. The van der Waals surface area contributed by atoms with E-state index < -0.39 is 0 Å². The summed E-state index contributed by atoms with van der Waals surface area (Å²) < 4.78 is 16.9. The lowest BCUT2D eigenvalue weighted by molar-refractivity contribution is 0.327. The van der Waals surface area contributed by atoms with Gasteiger partial charge in [0.2, 0.25) is 5.75 Å². The maximum absolute atomic E-state index is 5.73. The second kappa shape index (κ2) is 9.51. The van der Waals surface area contributed by atoms with Crippen molar-refractivity contribution in [2.75, 3.05) is 21.3 Å². The zero-order valence-electron chi connectivity index (χ0n) is 20.3. The normalized spacial score (nSPS) is 10.9. The first-order chi connectivity index (χ1) is 17.1. The number of benzene rings is 4. The van der Waals surface area contributed by atoms with Gasteiger partial charge in [-0.15, -0.1) is 0 Å². The van der Waals surface area contributed by atoms with Gasteiger partial charge in [-0.05, 0) is 64.9 Å². The molecule has 1 aromatic heterocycles. The van der Waals surface area contributed by atoms with E-state index in [4.69, 9.17) is 19.2 Å².